The molecule has 3 rings (SSSR count). The van der Waals surface area contributed by atoms with Crippen LogP contribution in [0.25, 0.3) is 5.69 Å². The highest BCUT2D eigenvalue weighted by Gasteiger charge is 2.27. The minimum Gasteiger partial charge on any atom is -0.497 e. The van der Waals surface area contributed by atoms with Gasteiger partial charge in [0, 0.05) is 19.3 Å². The SMILES string of the molecule is COc1ccc(-n2ccc(C(=O)N3CCC(C(C)O)CC3)n2)cc1. The van der Waals surface area contributed by atoms with E-state index in [0.717, 1.165) is 24.3 Å². The maximum atomic E-state index is 12.6. The number of aliphatic hydroxyl groups excluding tert-OH is 1. The maximum absolute atomic E-state index is 12.6. The molecule has 1 fully saturated rings. The molecule has 24 heavy (non-hydrogen) atoms. The lowest BCUT2D eigenvalue weighted by Gasteiger charge is -2.32. The Morgan fingerprint density at radius 3 is 2.50 bits per heavy atom. The van der Waals surface area contributed by atoms with Crippen LogP contribution in [0.5, 0.6) is 5.75 Å². The summed E-state index contributed by atoms with van der Waals surface area (Å²) in [5.41, 5.74) is 1.32. The van der Waals surface area contributed by atoms with Gasteiger partial charge in [0.05, 0.1) is 18.9 Å². The van der Waals surface area contributed by atoms with Gasteiger partial charge in [-0.15, -0.1) is 0 Å². The van der Waals surface area contributed by atoms with Crippen LogP contribution in [-0.4, -0.2) is 52.0 Å². The Morgan fingerprint density at radius 1 is 1.25 bits per heavy atom. The molecule has 0 bridgehead atoms. The van der Waals surface area contributed by atoms with Gasteiger partial charge in [0.2, 0.25) is 0 Å². The van der Waals surface area contributed by atoms with Crippen LogP contribution >= 0.6 is 0 Å². The number of methoxy groups -OCH3 is 1. The first-order chi connectivity index (χ1) is 11.6. The zero-order valence-corrected chi connectivity index (χ0v) is 14.1. The quantitative estimate of drug-likeness (QED) is 0.933. The minimum atomic E-state index is -0.309. The zero-order chi connectivity index (χ0) is 17.1. The summed E-state index contributed by atoms with van der Waals surface area (Å²) < 4.78 is 6.83. The van der Waals surface area contributed by atoms with Crippen molar-refractivity contribution in [2.45, 2.75) is 25.9 Å². The Kier molecular flexibility index (Phi) is 4.85. The van der Waals surface area contributed by atoms with Crippen molar-refractivity contribution in [1.29, 1.82) is 0 Å². The number of aromatic nitrogens is 2. The van der Waals surface area contributed by atoms with Crippen LogP contribution in [0.4, 0.5) is 0 Å². The van der Waals surface area contributed by atoms with Crippen molar-refractivity contribution in [3.8, 4) is 11.4 Å². The van der Waals surface area contributed by atoms with Crippen LogP contribution in [0, 0.1) is 5.92 Å². The lowest BCUT2D eigenvalue weighted by Crippen LogP contribution is -2.40. The molecule has 1 aromatic carbocycles. The van der Waals surface area contributed by atoms with Gasteiger partial charge >= 0.3 is 0 Å². The Bertz CT molecular complexity index is 686. The van der Waals surface area contributed by atoms with Gasteiger partial charge in [0.25, 0.3) is 5.91 Å². The van der Waals surface area contributed by atoms with Crippen LogP contribution in [0.15, 0.2) is 36.5 Å². The molecular weight excluding hydrogens is 306 g/mol. The van der Waals surface area contributed by atoms with Crippen molar-refractivity contribution in [3.05, 3.63) is 42.2 Å². The van der Waals surface area contributed by atoms with Crippen LogP contribution in [0.3, 0.4) is 0 Å². The third-order valence-electron chi connectivity index (χ3n) is 4.65. The largest absolute Gasteiger partial charge is 0.497 e. The highest BCUT2D eigenvalue weighted by atomic mass is 16.5. The van der Waals surface area contributed by atoms with Gasteiger partial charge in [-0.3, -0.25) is 4.79 Å². The van der Waals surface area contributed by atoms with Crippen LogP contribution < -0.4 is 4.74 Å². The lowest BCUT2D eigenvalue weighted by molar-refractivity contribution is 0.0516. The number of benzene rings is 1. The molecule has 0 radical (unpaired) electrons. The molecule has 1 aliphatic heterocycles. The number of rotatable bonds is 4. The smallest absolute Gasteiger partial charge is 0.274 e. The van der Waals surface area contributed by atoms with Gasteiger partial charge in [-0.1, -0.05) is 0 Å². The number of hydrogen-bond acceptors (Lipinski definition) is 4. The van der Waals surface area contributed by atoms with E-state index in [4.69, 9.17) is 4.74 Å². The third-order valence-corrected chi connectivity index (χ3v) is 4.65. The lowest BCUT2D eigenvalue weighted by atomic mass is 9.92. The summed E-state index contributed by atoms with van der Waals surface area (Å²) >= 11 is 0. The van der Waals surface area contributed by atoms with Crippen LogP contribution in [-0.2, 0) is 0 Å². The van der Waals surface area contributed by atoms with E-state index >= 15 is 0 Å². The van der Waals surface area contributed by atoms with Gasteiger partial charge in [0.15, 0.2) is 5.69 Å². The van der Waals surface area contributed by atoms with Crippen molar-refractivity contribution in [1.82, 2.24) is 14.7 Å². The molecule has 6 heteroatoms. The molecule has 2 heterocycles. The third kappa shape index (κ3) is 3.43. The molecule has 1 aliphatic rings. The van der Waals surface area contributed by atoms with Crippen molar-refractivity contribution in [2.24, 2.45) is 5.92 Å². The first kappa shape index (κ1) is 16.5. The Balaban J connectivity index is 1.67. The summed E-state index contributed by atoms with van der Waals surface area (Å²) in [7, 11) is 1.63. The van der Waals surface area contributed by atoms with Gasteiger partial charge in [-0.2, -0.15) is 5.10 Å². The van der Waals surface area contributed by atoms with Crippen LogP contribution in [0.1, 0.15) is 30.3 Å². The number of ether oxygens (including phenoxy) is 1. The fourth-order valence-corrected chi connectivity index (χ4v) is 3.06. The number of piperidine rings is 1. The average Bonchev–Trinajstić information content (AvgIpc) is 3.11. The number of amides is 1. The van der Waals surface area contributed by atoms with E-state index in [1.54, 1.807) is 24.1 Å². The van der Waals surface area contributed by atoms with E-state index in [2.05, 4.69) is 5.10 Å². The number of nitrogens with zero attached hydrogens (tertiary/aromatic N) is 3. The zero-order valence-electron chi connectivity index (χ0n) is 14.1. The summed E-state index contributed by atoms with van der Waals surface area (Å²) in [6.07, 6.45) is 3.15. The fraction of sp³-hybridized carbons (Fsp3) is 0.444. The molecule has 1 aromatic heterocycles. The molecule has 1 atom stereocenters. The number of likely N-dealkylation sites (tertiary alicyclic amines) is 1. The second kappa shape index (κ2) is 7.05. The molecule has 1 amide bonds. The molecule has 6 nitrogen and oxygen atoms in total. The van der Waals surface area contributed by atoms with Gasteiger partial charge in [-0.25, -0.2) is 4.68 Å². The first-order valence-electron chi connectivity index (χ1n) is 8.26. The van der Waals surface area contributed by atoms with Crippen molar-refractivity contribution < 1.29 is 14.6 Å². The Morgan fingerprint density at radius 2 is 1.92 bits per heavy atom. The summed E-state index contributed by atoms with van der Waals surface area (Å²) in [4.78, 5) is 14.4. The highest BCUT2D eigenvalue weighted by Crippen LogP contribution is 2.22. The van der Waals surface area contributed by atoms with E-state index in [-0.39, 0.29) is 17.9 Å². The van der Waals surface area contributed by atoms with E-state index in [1.165, 1.54) is 0 Å². The molecule has 2 aromatic rings. The normalized spacial score (nSPS) is 16.9. The number of carbonyl (C=O) groups is 1. The number of aliphatic hydroxyl groups is 1. The molecule has 1 N–H and O–H groups in total. The summed E-state index contributed by atoms with van der Waals surface area (Å²) in [5.74, 6) is 1.01. The van der Waals surface area contributed by atoms with E-state index in [0.29, 0.717) is 18.8 Å². The summed E-state index contributed by atoms with van der Waals surface area (Å²) in [6, 6.07) is 9.26. The van der Waals surface area contributed by atoms with Gasteiger partial charge in [0.1, 0.15) is 5.75 Å². The predicted molar refractivity (Wildman–Crippen MR) is 90.4 cm³/mol. The monoisotopic (exact) mass is 329 g/mol. The second-order valence-corrected chi connectivity index (χ2v) is 6.21. The molecule has 0 aliphatic carbocycles. The second-order valence-electron chi connectivity index (χ2n) is 6.21. The fourth-order valence-electron chi connectivity index (χ4n) is 3.06. The highest BCUT2D eigenvalue weighted by molar-refractivity contribution is 5.92. The molecular formula is C18H23N3O3. The van der Waals surface area contributed by atoms with Crippen molar-refractivity contribution in [2.75, 3.05) is 20.2 Å². The first-order valence-corrected chi connectivity index (χ1v) is 8.26. The van der Waals surface area contributed by atoms with Gasteiger partial charge < -0.3 is 14.7 Å². The van der Waals surface area contributed by atoms with Crippen molar-refractivity contribution in [3.63, 3.8) is 0 Å². The van der Waals surface area contributed by atoms with E-state index < -0.39 is 0 Å². The van der Waals surface area contributed by atoms with Crippen LogP contribution in [0.2, 0.25) is 0 Å². The molecule has 1 unspecified atom stereocenters. The molecule has 128 valence electrons. The standard InChI is InChI=1S/C18H23N3O3/c1-13(22)14-7-10-20(11-8-14)18(23)17-9-12-21(19-17)15-3-5-16(24-2)6-4-15/h3-6,9,12-14,22H,7-8,10-11H2,1-2H3. The van der Waals surface area contributed by atoms with Gasteiger partial charge in [-0.05, 0) is 56.0 Å². The topological polar surface area (TPSA) is 67.6 Å². The predicted octanol–water partition coefficient (Wildman–Crippen LogP) is 2.11. The van der Waals surface area contributed by atoms with E-state index in [1.807, 2.05) is 36.1 Å². The Labute approximate surface area is 141 Å². The summed E-state index contributed by atoms with van der Waals surface area (Å²) in [6.45, 7) is 3.16. The molecule has 0 saturated carbocycles. The number of carbonyl (C=O) groups excluding carboxylic acids is 1. The summed E-state index contributed by atoms with van der Waals surface area (Å²) in [5, 5.41) is 14.1. The Hall–Kier alpha value is -2.34. The maximum Gasteiger partial charge on any atom is 0.274 e. The molecule has 0 spiro atoms. The van der Waals surface area contributed by atoms with E-state index in [9.17, 15) is 9.90 Å². The molecule has 1 saturated heterocycles. The minimum absolute atomic E-state index is 0.0497. The van der Waals surface area contributed by atoms with Crippen molar-refractivity contribution >= 4 is 5.91 Å². The average molecular weight is 329 g/mol. The number of hydrogen-bond donors (Lipinski definition) is 1.